The maximum absolute atomic E-state index is 13.0. The molecule has 160 valence electrons. The Kier molecular flexibility index (Phi) is 8.44. The van der Waals surface area contributed by atoms with E-state index in [9.17, 15) is 14.5 Å². The van der Waals surface area contributed by atoms with Gasteiger partial charge in [-0.15, -0.1) is 0 Å². The van der Waals surface area contributed by atoms with Gasteiger partial charge < -0.3 is 14.4 Å². The molecule has 0 aromatic rings. The molecule has 1 saturated heterocycles. The highest BCUT2D eigenvalue weighted by Crippen LogP contribution is 2.59. The van der Waals surface area contributed by atoms with Crippen molar-refractivity contribution in [2.45, 2.75) is 60.7 Å². The molecule has 0 saturated carbocycles. The van der Waals surface area contributed by atoms with Crippen LogP contribution in [0.4, 0.5) is 9.59 Å². The second-order valence-corrected chi connectivity index (χ2v) is 9.73. The molecule has 1 aliphatic heterocycles. The third-order valence-electron chi connectivity index (χ3n) is 3.29. The number of hydrazine groups is 1. The van der Waals surface area contributed by atoms with E-state index in [0.29, 0.717) is 5.57 Å². The van der Waals surface area contributed by atoms with Gasteiger partial charge in [-0.2, -0.15) is 5.01 Å². The SMILES string of the molecule is C=C(C)/C(=C\[P+]1([O-])OCC(C)(C)CO1)N(NC(=O)OC(C)C)C(=O)OC(C)C. The van der Waals surface area contributed by atoms with Crippen LogP contribution in [-0.4, -0.2) is 42.6 Å². The van der Waals surface area contributed by atoms with Gasteiger partial charge in [-0.3, -0.25) is 0 Å². The first-order chi connectivity index (χ1) is 12.7. The molecule has 9 nitrogen and oxygen atoms in total. The van der Waals surface area contributed by atoms with Crippen LogP contribution in [0.5, 0.6) is 0 Å². The maximum atomic E-state index is 13.0. The molecule has 28 heavy (non-hydrogen) atoms. The first kappa shape index (κ1) is 24.4. The zero-order valence-corrected chi connectivity index (χ0v) is 18.5. The molecule has 0 aliphatic carbocycles. The Morgan fingerprint density at radius 3 is 2.11 bits per heavy atom. The van der Waals surface area contributed by atoms with Crippen molar-refractivity contribution in [2.75, 3.05) is 13.2 Å². The fourth-order valence-corrected chi connectivity index (χ4v) is 3.90. The van der Waals surface area contributed by atoms with Crippen LogP contribution in [0.25, 0.3) is 0 Å². The highest BCUT2D eigenvalue weighted by Gasteiger charge is 2.41. The monoisotopic (exact) mass is 418 g/mol. The number of amides is 2. The van der Waals surface area contributed by atoms with Gasteiger partial charge in [0.2, 0.25) is 0 Å². The third kappa shape index (κ3) is 7.75. The molecule has 1 rings (SSSR count). The minimum atomic E-state index is -3.67. The average Bonchev–Trinajstić information content (AvgIpc) is 2.52. The molecular weight excluding hydrogens is 387 g/mol. The minimum Gasteiger partial charge on any atom is -0.627 e. The van der Waals surface area contributed by atoms with Crippen molar-refractivity contribution in [3.8, 4) is 0 Å². The van der Waals surface area contributed by atoms with Gasteiger partial charge in [0.1, 0.15) is 24.7 Å². The van der Waals surface area contributed by atoms with Gasteiger partial charge in [0, 0.05) is 5.41 Å². The topological polar surface area (TPSA) is 109 Å². The van der Waals surface area contributed by atoms with Gasteiger partial charge in [-0.25, -0.2) is 24.1 Å². The van der Waals surface area contributed by atoms with Crippen LogP contribution in [0.2, 0.25) is 0 Å². The summed E-state index contributed by atoms with van der Waals surface area (Å²) < 4.78 is 21.1. The Morgan fingerprint density at radius 2 is 1.68 bits per heavy atom. The second-order valence-electron chi connectivity index (χ2n) is 7.88. The summed E-state index contributed by atoms with van der Waals surface area (Å²) in [5.74, 6) is 1.15. The fourth-order valence-electron chi connectivity index (χ4n) is 1.98. The predicted octanol–water partition coefficient (Wildman–Crippen LogP) is 3.50. The fraction of sp³-hybridized carbons (Fsp3) is 0.667. The van der Waals surface area contributed by atoms with Gasteiger partial charge in [0.25, 0.3) is 7.94 Å². The van der Waals surface area contributed by atoms with Crippen molar-refractivity contribution < 1.29 is 33.0 Å². The molecule has 1 fully saturated rings. The van der Waals surface area contributed by atoms with E-state index in [2.05, 4.69) is 12.0 Å². The highest BCUT2D eigenvalue weighted by atomic mass is 31.2. The van der Waals surface area contributed by atoms with Crippen molar-refractivity contribution in [3.05, 3.63) is 23.7 Å². The van der Waals surface area contributed by atoms with E-state index in [4.69, 9.17) is 18.5 Å². The zero-order chi connectivity index (χ0) is 21.7. The van der Waals surface area contributed by atoms with Gasteiger partial charge in [-0.05, 0) is 40.2 Å². The highest BCUT2D eigenvalue weighted by molar-refractivity contribution is 7.62. The minimum absolute atomic E-state index is 0.0226. The Hall–Kier alpha value is -1.67. The van der Waals surface area contributed by atoms with E-state index in [-0.39, 0.29) is 24.3 Å². The molecule has 0 bridgehead atoms. The van der Waals surface area contributed by atoms with E-state index < -0.39 is 32.3 Å². The van der Waals surface area contributed by atoms with Crippen molar-refractivity contribution in [3.63, 3.8) is 0 Å². The standard InChI is InChI=1S/C18H31N2O7P/c1-12(2)15(9-28(23)24-10-18(7,8)11-25-28)20(17(22)27-14(5)6)19-16(21)26-13(3)4/h9,13-14H,1,10-11H2,2-8H3,(H,19,21)/b15-9+. The first-order valence-electron chi connectivity index (χ1n) is 9.00. The van der Waals surface area contributed by atoms with Gasteiger partial charge >= 0.3 is 12.2 Å². The van der Waals surface area contributed by atoms with Crippen molar-refractivity contribution in [2.24, 2.45) is 5.41 Å². The lowest BCUT2D eigenvalue weighted by Crippen LogP contribution is -2.47. The molecular formula is C18H31N2O7P. The summed E-state index contributed by atoms with van der Waals surface area (Å²) in [5.41, 5.74) is 2.36. The first-order valence-corrected chi connectivity index (χ1v) is 10.6. The smallest absolute Gasteiger partial charge is 0.433 e. The summed E-state index contributed by atoms with van der Waals surface area (Å²) in [4.78, 5) is 37.6. The van der Waals surface area contributed by atoms with Crippen LogP contribution in [0.1, 0.15) is 48.5 Å². The van der Waals surface area contributed by atoms with Crippen molar-refractivity contribution in [1.82, 2.24) is 10.4 Å². The predicted molar refractivity (Wildman–Crippen MR) is 104 cm³/mol. The number of rotatable bonds is 5. The van der Waals surface area contributed by atoms with Crippen molar-refractivity contribution >= 4 is 20.1 Å². The lowest BCUT2D eigenvalue weighted by atomic mass is 9.97. The van der Waals surface area contributed by atoms with E-state index in [1.165, 1.54) is 0 Å². The van der Waals surface area contributed by atoms with Crippen LogP contribution in [-0.2, 0) is 18.5 Å². The molecule has 0 spiro atoms. The van der Waals surface area contributed by atoms with E-state index in [0.717, 1.165) is 10.8 Å². The Labute approximate surface area is 167 Å². The number of hydrogen-bond acceptors (Lipinski definition) is 7. The number of hydrogen-bond donors (Lipinski definition) is 1. The van der Waals surface area contributed by atoms with E-state index in [1.807, 2.05) is 13.8 Å². The number of nitrogens with zero attached hydrogens (tertiary/aromatic N) is 1. The summed E-state index contributed by atoms with van der Waals surface area (Å²) in [5, 5.41) is 0.791. The van der Waals surface area contributed by atoms with Crippen LogP contribution < -0.4 is 10.3 Å². The normalized spacial score (nSPS) is 18.6. The van der Waals surface area contributed by atoms with Crippen molar-refractivity contribution in [1.29, 1.82) is 0 Å². The Morgan fingerprint density at radius 1 is 1.18 bits per heavy atom. The Balaban J connectivity index is 3.20. The zero-order valence-electron chi connectivity index (χ0n) is 17.6. The summed E-state index contributed by atoms with van der Waals surface area (Å²) in [6.07, 6.45) is -2.64. The molecule has 0 atom stereocenters. The molecule has 0 aromatic carbocycles. The molecule has 0 aromatic heterocycles. The summed E-state index contributed by atoms with van der Waals surface area (Å²) in [6, 6.07) is 0. The summed E-state index contributed by atoms with van der Waals surface area (Å²) in [6.45, 7) is 16.3. The Bertz CT molecular complexity index is 621. The number of ether oxygens (including phenoxy) is 2. The van der Waals surface area contributed by atoms with Crippen LogP contribution in [0, 0.1) is 5.41 Å². The third-order valence-corrected chi connectivity index (χ3v) is 4.83. The quantitative estimate of drug-likeness (QED) is 0.413. The molecule has 10 heteroatoms. The van der Waals surface area contributed by atoms with Crippen LogP contribution in [0.3, 0.4) is 0 Å². The lowest BCUT2D eigenvalue weighted by Gasteiger charge is -2.37. The lowest BCUT2D eigenvalue weighted by molar-refractivity contribution is -0.228. The molecule has 1 aliphatic rings. The van der Waals surface area contributed by atoms with Gasteiger partial charge in [0.15, 0.2) is 0 Å². The summed E-state index contributed by atoms with van der Waals surface area (Å²) in [7, 11) is -3.67. The number of carbonyl (C=O) groups is 2. The van der Waals surface area contributed by atoms with Crippen LogP contribution in [0.15, 0.2) is 23.7 Å². The molecule has 1 N–H and O–H groups in total. The van der Waals surface area contributed by atoms with Gasteiger partial charge in [0.05, 0.1) is 12.2 Å². The maximum Gasteiger partial charge on any atom is 0.433 e. The second kappa shape index (κ2) is 9.69. The number of allylic oxidation sites excluding steroid dienone is 1. The largest absolute Gasteiger partial charge is 0.627 e. The number of carbonyl (C=O) groups excluding carboxylic acids is 2. The molecule has 1 heterocycles. The number of nitrogens with one attached hydrogen (secondary N) is 1. The van der Waals surface area contributed by atoms with E-state index >= 15 is 0 Å². The summed E-state index contributed by atoms with van der Waals surface area (Å²) >= 11 is 0. The molecule has 0 unspecified atom stereocenters. The van der Waals surface area contributed by atoms with E-state index in [1.54, 1.807) is 34.6 Å². The molecule has 2 amide bonds. The average molecular weight is 418 g/mol. The van der Waals surface area contributed by atoms with Crippen LogP contribution >= 0.6 is 7.94 Å². The van der Waals surface area contributed by atoms with Gasteiger partial charge in [-0.1, -0.05) is 20.4 Å². The molecule has 0 radical (unpaired) electrons.